The summed E-state index contributed by atoms with van der Waals surface area (Å²) >= 11 is 0. The molecule has 0 aliphatic carbocycles. The van der Waals surface area contributed by atoms with E-state index in [9.17, 15) is 16.8 Å². The Morgan fingerprint density at radius 2 is 0.889 bits per heavy atom. The smallest absolute Gasteiger partial charge is 0.313 e. The van der Waals surface area contributed by atoms with Gasteiger partial charge in [0.15, 0.2) is 0 Å². The minimum absolute atomic E-state index is 0.0664. The normalized spacial score (nSPS) is 15.1. The van der Waals surface area contributed by atoms with Crippen LogP contribution in [0.3, 0.4) is 0 Å². The first-order valence-electron chi connectivity index (χ1n) is 15.0. The Hall–Kier alpha value is -2.02. The van der Waals surface area contributed by atoms with Crippen LogP contribution in [0.5, 0.6) is 0 Å². The van der Waals surface area contributed by atoms with E-state index in [2.05, 4.69) is 4.90 Å². The zero-order chi connectivity index (χ0) is 32.4. The van der Waals surface area contributed by atoms with Gasteiger partial charge in [-0.1, -0.05) is 35.4 Å². The van der Waals surface area contributed by atoms with Crippen molar-refractivity contribution in [3.8, 4) is 0 Å². The summed E-state index contributed by atoms with van der Waals surface area (Å²) in [5, 5.41) is 1.49. The Bertz CT molecular complexity index is 1300. The first-order valence-corrected chi connectivity index (χ1v) is 17.8. The summed E-state index contributed by atoms with van der Waals surface area (Å²) in [5.41, 5.74) is 1.96. The summed E-state index contributed by atoms with van der Waals surface area (Å²) in [6, 6.07) is 13.1. The van der Waals surface area contributed by atoms with Gasteiger partial charge < -0.3 is 23.7 Å². The van der Waals surface area contributed by atoms with Gasteiger partial charge in [0.2, 0.25) is 0 Å². The van der Waals surface area contributed by atoms with E-state index in [1.807, 2.05) is 13.8 Å². The molecule has 0 spiro atoms. The van der Waals surface area contributed by atoms with Crippen molar-refractivity contribution >= 4 is 20.2 Å². The molecule has 13 nitrogen and oxygen atoms in total. The first kappa shape index (κ1) is 37.4. The molecule has 1 aliphatic heterocycles. The molecular formula is C30H46N2O11S2. The third-order valence-electron chi connectivity index (χ3n) is 6.66. The molecular weight excluding hydrogens is 628 g/mol. The van der Waals surface area contributed by atoms with E-state index in [1.54, 1.807) is 36.4 Å². The van der Waals surface area contributed by atoms with Crippen molar-refractivity contribution in [2.24, 2.45) is 0 Å². The monoisotopic (exact) mass is 674 g/mol. The Kier molecular flexibility index (Phi) is 16.9. The van der Waals surface area contributed by atoms with Crippen LogP contribution < -0.4 is 0 Å². The molecule has 45 heavy (non-hydrogen) atoms. The largest absolute Gasteiger partial charge is 0.378 e. The highest BCUT2D eigenvalue weighted by Gasteiger charge is 2.24. The Morgan fingerprint density at radius 1 is 0.511 bits per heavy atom. The van der Waals surface area contributed by atoms with Gasteiger partial charge >= 0.3 is 10.1 Å². The summed E-state index contributed by atoms with van der Waals surface area (Å²) in [6.07, 6.45) is 0. The van der Waals surface area contributed by atoms with Crippen LogP contribution in [0, 0.1) is 13.8 Å². The van der Waals surface area contributed by atoms with Gasteiger partial charge in [-0.25, -0.2) is 0 Å². The predicted molar refractivity (Wildman–Crippen MR) is 166 cm³/mol. The second-order valence-electron chi connectivity index (χ2n) is 10.3. The third kappa shape index (κ3) is 15.0. The van der Waals surface area contributed by atoms with Crippen molar-refractivity contribution < 1.29 is 49.0 Å². The number of ether oxygens (including phenoxy) is 5. The quantitative estimate of drug-likeness (QED) is 0.126. The van der Waals surface area contributed by atoms with Crippen LogP contribution in [0.15, 0.2) is 58.3 Å². The molecule has 1 saturated heterocycles. The molecule has 3 rings (SSSR count). The molecule has 254 valence electrons. The van der Waals surface area contributed by atoms with Crippen molar-refractivity contribution in [3.05, 3.63) is 59.7 Å². The number of benzene rings is 2. The fourth-order valence-electron chi connectivity index (χ4n) is 4.07. The van der Waals surface area contributed by atoms with Gasteiger partial charge in [0, 0.05) is 32.7 Å². The highest BCUT2D eigenvalue weighted by Crippen LogP contribution is 2.16. The van der Waals surface area contributed by atoms with E-state index in [4.69, 9.17) is 32.2 Å². The lowest BCUT2D eigenvalue weighted by Gasteiger charge is -2.33. The molecule has 0 radical (unpaired) electrons. The van der Waals surface area contributed by atoms with Crippen molar-refractivity contribution in [3.63, 3.8) is 0 Å². The molecule has 0 saturated carbocycles. The van der Waals surface area contributed by atoms with E-state index in [1.165, 1.54) is 17.2 Å². The highest BCUT2D eigenvalue weighted by atomic mass is 32.2. The Morgan fingerprint density at radius 3 is 1.33 bits per heavy atom. The molecule has 0 atom stereocenters. The van der Waals surface area contributed by atoms with Crippen molar-refractivity contribution in [1.82, 2.24) is 9.96 Å². The van der Waals surface area contributed by atoms with Gasteiger partial charge in [-0.3, -0.25) is 9.08 Å². The second-order valence-corrected chi connectivity index (χ2v) is 13.4. The molecule has 15 heteroatoms. The third-order valence-corrected chi connectivity index (χ3v) is 9.24. The summed E-state index contributed by atoms with van der Waals surface area (Å²) in [4.78, 5) is 2.48. The molecule has 1 fully saturated rings. The summed E-state index contributed by atoms with van der Waals surface area (Å²) in [7, 11) is -7.60. The number of piperazine rings is 1. The SMILES string of the molecule is Cc1ccc(S(=O)(=O)OCCOCCOCCOCCOCCOCCN2CCN(OS(=O)(=O)c3ccc(C)cc3)CC2)cc1. The van der Waals surface area contributed by atoms with Crippen LogP contribution >= 0.6 is 0 Å². The molecule has 0 aromatic heterocycles. The highest BCUT2D eigenvalue weighted by molar-refractivity contribution is 7.87. The van der Waals surface area contributed by atoms with Gasteiger partial charge in [0.25, 0.3) is 10.1 Å². The minimum atomic E-state index is -3.82. The zero-order valence-electron chi connectivity index (χ0n) is 26.1. The van der Waals surface area contributed by atoms with Crippen molar-refractivity contribution in [1.29, 1.82) is 0 Å². The number of hydrogen-bond acceptors (Lipinski definition) is 13. The summed E-state index contributed by atoms with van der Waals surface area (Å²) in [5.74, 6) is 0. The fraction of sp³-hybridized carbons (Fsp3) is 0.600. The Labute approximate surface area is 267 Å². The van der Waals surface area contributed by atoms with E-state index < -0.39 is 20.2 Å². The maximum absolute atomic E-state index is 12.5. The molecule has 1 aliphatic rings. The van der Waals surface area contributed by atoms with Crippen molar-refractivity contribution in [2.75, 3.05) is 105 Å². The molecule has 2 aromatic rings. The molecule has 0 bridgehead atoms. The zero-order valence-corrected chi connectivity index (χ0v) is 27.8. The van der Waals surface area contributed by atoms with E-state index >= 15 is 0 Å². The number of nitrogens with zero attached hydrogens (tertiary/aromatic N) is 2. The second kappa shape index (κ2) is 20.3. The topological polar surface area (TPSA) is 139 Å². The van der Waals surface area contributed by atoms with E-state index in [0.717, 1.165) is 17.7 Å². The van der Waals surface area contributed by atoms with E-state index in [-0.39, 0.29) is 23.0 Å². The van der Waals surface area contributed by atoms with Crippen LogP contribution in [-0.4, -0.2) is 132 Å². The van der Waals surface area contributed by atoms with Crippen LogP contribution in [0.4, 0.5) is 0 Å². The average molecular weight is 675 g/mol. The van der Waals surface area contributed by atoms with Gasteiger partial charge in [0.05, 0.1) is 82.5 Å². The minimum Gasteiger partial charge on any atom is -0.378 e. The molecule has 0 N–H and O–H groups in total. The van der Waals surface area contributed by atoms with Gasteiger partial charge in [-0.15, -0.1) is 0 Å². The molecule has 1 heterocycles. The maximum atomic E-state index is 12.5. The first-order chi connectivity index (χ1) is 21.7. The average Bonchev–Trinajstić information content (AvgIpc) is 3.01. The van der Waals surface area contributed by atoms with Gasteiger partial charge in [-0.2, -0.15) is 26.2 Å². The van der Waals surface area contributed by atoms with Gasteiger partial charge in [0.1, 0.15) is 0 Å². The summed E-state index contributed by atoms with van der Waals surface area (Å²) < 4.78 is 86.7. The lowest BCUT2D eigenvalue weighted by Crippen LogP contribution is -2.47. The number of hydroxylamine groups is 2. The van der Waals surface area contributed by atoms with Crippen LogP contribution in [0.25, 0.3) is 0 Å². The lowest BCUT2D eigenvalue weighted by atomic mass is 10.2. The summed E-state index contributed by atoms with van der Waals surface area (Å²) in [6.45, 7) is 10.9. The Balaban J connectivity index is 1.05. The molecule has 0 amide bonds. The maximum Gasteiger partial charge on any atom is 0.313 e. The van der Waals surface area contributed by atoms with Gasteiger partial charge in [-0.05, 0) is 38.1 Å². The van der Waals surface area contributed by atoms with Crippen molar-refractivity contribution in [2.45, 2.75) is 23.6 Å². The van der Waals surface area contributed by atoms with Crippen LogP contribution in [-0.2, 0) is 52.4 Å². The van der Waals surface area contributed by atoms with Crippen LogP contribution in [0.1, 0.15) is 11.1 Å². The number of rotatable bonds is 23. The number of hydrogen-bond donors (Lipinski definition) is 0. The molecule has 0 unspecified atom stereocenters. The predicted octanol–water partition coefficient (Wildman–Crippen LogP) is 2.03. The lowest BCUT2D eigenvalue weighted by molar-refractivity contribution is -0.0855. The standard InChI is InChI=1S/C30H46N2O11S2/c1-27-3-7-29(8-4-27)44(33,34)42-26-25-41-24-23-40-22-21-39-20-19-38-18-17-37-16-15-31-11-13-32(14-12-31)43-45(35,36)30-9-5-28(2)6-10-30/h3-10H,11-26H2,1-2H3. The molecule has 2 aromatic carbocycles. The van der Waals surface area contributed by atoms with Crippen LogP contribution in [0.2, 0.25) is 0 Å². The van der Waals surface area contributed by atoms with E-state index in [0.29, 0.717) is 85.6 Å². The fourth-order valence-corrected chi connectivity index (χ4v) is 5.94. The number of aryl methyl sites for hydroxylation is 2.